The normalized spacial score (nSPS) is 24.1. The lowest BCUT2D eigenvalue weighted by Crippen LogP contribution is -2.52. The van der Waals surface area contributed by atoms with Crippen molar-refractivity contribution in [1.82, 2.24) is 10.2 Å². The maximum absolute atomic E-state index is 13.1. The van der Waals surface area contributed by atoms with Crippen molar-refractivity contribution in [3.05, 3.63) is 22.5 Å². The Bertz CT molecular complexity index is 903. The molecule has 0 aromatic carbocycles. The first-order chi connectivity index (χ1) is 14.5. The van der Waals surface area contributed by atoms with Crippen LogP contribution < -0.4 is 5.32 Å². The molecule has 3 aliphatic rings. The van der Waals surface area contributed by atoms with E-state index in [1.54, 1.807) is 25.0 Å². The van der Waals surface area contributed by atoms with E-state index in [9.17, 15) is 14.9 Å². The molecular weight excluding hydrogens is 424 g/mol. The molecule has 1 aliphatic carbocycles. The van der Waals surface area contributed by atoms with E-state index in [1.807, 2.05) is 0 Å². The number of rotatable bonds is 5. The number of aliphatic imine (C=N–C) groups is 1. The summed E-state index contributed by atoms with van der Waals surface area (Å²) >= 11 is 6.55. The minimum absolute atomic E-state index is 0.00603. The van der Waals surface area contributed by atoms with Gasteiger partial charge in [-0.15, -0.1) is 11.8 Å². The van der Waals surface area contributed by atoms with Gasteiger partial charge in [-0.25, -0.2) is 14.6 Å². The lowest BCUT2D eigenvalue weighted by molar-refractivity contribution is -0.143. The molecule has 0 aromatic rings. The standard InChI is InChI=1S/C20H24N4O4S2/c1-4-27-17(25)14-15(11(10-21)19(29)30-3)23-20-22-12-8-6-7-9-13(12)24(20)16(14)18(26)28-5-2/h12-13H,4-9H2,1-3H3,(H,22,23)/b15-11-. The third-order valence-electron chi connectivity index (χ3n) is 5.21. The van der Waals surface area contributed by atoms with E-state index in [2.05, 4.69) is 11.4 Å². The zero-order valence-electron chi connectivity index (χ0n) is 17.2. The van der Waals surface area contributed by atoms with Crippen LogP contribution in [0.25, 0.3) is 0 Å². The highest BCUT2D eigenvalue weighted by Crippen LogP contribution is 2.38. The summed E-state index contributed by atoms with van der Waals surface area (Å²) in [7, 11) is 0. The second kappa shape index (κ2) is 9.62. The number of guanidine groups is 1. The van der Waals surface area contributed by atoms with Gasteiger partial charge in [-0.05, 0) is 32.9 Å². The van der Waals surface area contributed by atoms with Gasteiger partial charge in [0.25, 0.3) is 0 Å². The van der Waals surface area contributed by atoms with Crippen molar-refractivity contribution in [1.29, 1.82) is 5.26 Å². The summed E-state index contributed by atoms with van der Waals surface area (Å²) in [6, 6.07) is 2.03. The molecule has 0 spiro atoms. The zero-order chi connectivity index (χ0) is 21.8. The fraction of sp³-hybridized carbons (Fsp3) is 0.550. The Labute approximate surface area is 185 Å². The molecule has 0 radical (unpaired) electrons. The van der Waals surface area contributed by atoms with Crippen LogP contribution in [0.2, 0.25) is 0 Å². The quantitative estimate of drug-likeness (QED) is 0.294. The van der Waals surface area contributed by atoms with Crippen LogP contribution >= 0.6 is 24.0 Å². The number of thioether (sulfide) groups is 1. The van der Waals surface area contributed by atoms with Crippen molar-refractivity contribution in [3.8, 4) is 6.07 Å². The van der Waals surface area contributed by atoms with Gasteiger partial charge in [0.15, 0.2) is 0 Å². The summed E-state index contributed by atoms with van der Waals surface area (Å²) in [6.45, 7) is 3.65. The van der Waals surface area contributed by atoms with E-state index in [-0.39, 0.29) is 47.8 Å². The second-order valence-corrected chi connectivity index (χ2v) is 8.37. The Kier molecular flexibility index (Phi) is 7.15. The Balaban J connectivity index is 2.29. The second-order valence-electron chi connectivity index (χ2n) is 6.88. The van der Waals surface area contributed by atoms with Crippen molar-refractivity contribution in [3.63, 3.8) is 0 Å². The number of esters is 2. The summed E-state index contributed by atoms with van der Waals surface area (Å²) in [5.74, 6) is -0.918. The van der Waals surface area contributed by atoms with Crippen LogP contribution in [0, 0.1) is 11.3 Å². The molecule has 3 rings (SSSR count). The molecule has 160 valence electrons. The molecular formula is C20H24N4O4S2. The predicted molar refractivity (Wildman–Crippen MR) is 117 cm³/mol. The average Bonchev–Trinajstić information content (AvgIpc) is 3.11. The van der Waals surface area contributed by atoms with Gasteiger partial charge in [0.05, 0.1) is 35.2 Å². The number of nitrogens with one attached hydrogen (secondary N) is 1. The molecule has 8 nitrogen and oxygen atoms in total. The number of nitriles is 1. The van der Waals surface area contributed by atoms with E-state index < -0.39 is 11.9 Å². The summed E-state index contributed by atoms with van der Waals surface area (Å²) in [5.41, 5.74) is 0.272. The molecule has 1 saturated carbocycles. The first kappa shape index (κ1) is 22.3. The molecule has 1 N–H and O–H groups in total. The van der Waals surface area contributed by atoms with Gasteiger partial charge in [-0.1, -0.05) is 25.1 Å². The Morgan fingerprint density at radius 1 is 1.27 bits per heavy atom. The third-order valence-corrected chi connectivity index (χ3v) is 6.49. The number of hydrogen-bond donors (Lipinski definition) is 1. The first-order valence-electron chi connectivity index (χ1n) is 9.94. The fourth-order valence-corrected chi connectivity index (χ4v) is 4.49. The van der Waals surface area contributed by atoms with Gasteiger partial charge in [0.1, 0.15) is 22.9 Å². The van der Waals surface area contributed by atoms with Crippen LogP contribution in [0.5, 0.6) is 0 Å². The molecule has 0 bridgehead atoms. The highest BCUT2D eigenvalue weighted by atomic mass is 32.2. The monoisotopic (exact) mass is 448 g/mol. The predicted octanol–water partition coefficient (Wildman–Crippen LogP) is 2.42. The Hall–Kier alpha value is -2.38. The van der Waals surface area contributed by atoms with Crippen molar-refractivity contribution in [2.45, 2.75) is 51.6 Å². The van der Waals surface area contributed by atoms with Gasteiger partial charge in [-0.3, -0.25) is 0 Å². The number of carbonyl (C=O) groups is 2. The maximum atomic E-state index is 13.1. The number of fused-ring (bicyclic) bond motifs is 3. The Morgan fingerprint density at radius 2 is 1.93 bits per heavy atom. The summed E-state index contributed by atoms with van der Waals surface area (Å²) in [4.78, 5) is 32.6. The van der Waals surface area contributed by atoms with Crippen molar-refractivity contribution in [2.75, 3.05) is 19.5 Å². The minimum Gasteiger partial charge on any atom is -0.462 e. The number of carbonyl (C=O) groups excluding carboxylic acids is 2. The average molecular weight is 449 g/mol. The summed E-state index contributed by atoms with van der Waals surface area (Å²) in [6.07, 6.45) is 5.54. The largest absolute Gasteiger partial charge is 0.462 e. The van der Waals surface area contributed by atoms with Crippen LogP contribution in [0.3, 0.4) is 0 Å². The summed E-state index contributed by atoms with van der Waals surface area (Å²) < 4.78 is 10.9. The van der Waals surface area contributed by atoms with Crippen LogP contribution in [0.1, 0.15) is 39.5 Å². The topological polar surface area (TPSA) is 104 Å². The zero-order valence-corrected chi connectivity index (χ0v) is 18.8. The maximum Gasteiger partial charge on any atom is 0.356 e. The van der Waals surface area contributed by atoms with Crippen LogP contribution in [-0.2, 0) is 19.1 Å². The smallest absolute Gasteiger partial charge is 0.356 e. The van der Waals surface area contributed by atoms with Crippen molar-refractivity contribution < 1.29 is 19.1 Å². The molecule has 2 unspecified atom stereocenters. The van der Waals surface area contributed by atoms with Gasteiger partial charge < -0.3 is 19.7 Å². The molecule has 30 heavy (non-hydrogen) atoms. The number of hydrogen-bond acceptors (Lipinski definition) is 10. The molecule has 0 saturated heterocycles. The molecule has 2 atom stereocenters. The van der Waals surface area contributed by atoms with E-state index >= 15 is 0 Å². The summed E-state index contributed by atoms with van der Waals surface area (Å²) in [5, 5.41) is 12.9. The highest BCUT2D eigenvalue weighted by Gasteiger charge is 2.48. The SMILES string of the molecule is CCOC(=O)C1=C(C(=O)OCC)N2C(=NC3CCCCC32)N/C1=C(/C#N)C(=S)SC. The van der Waals surface area contributed by atoms with Gasteiger partial charge >= 0.3 is 11.9 Å². The van der Waals surface area contributed by atoms with E-state index in [1.165, 1.54) is 11.8 Å². The number of nitrogens with zero attached hydrogens (tertiary/aromatic N) is 3. The molecule has 0 amide bonds. The van der Waals surface area contributed by atoms with Crippen molar-refractivity contribution >= 4 is 46.1 Å². The minimum atomic E-state index is -0.710. The molecule has 0 aromatic heterocycles. The van der Waals surface area contributed by atoms with Gasteiger partial charge in [0.2, 0.25) is 5.96 Å². The third kappa shape index (κ3) is 3.96. The lowest BCUT2D eigenvalue weighted by atomic mass is 9.89. The number of thiocarbonyl (C=S) groups is 1. The van der Waals surface area contributed by atoms with E-state index in [0.717, 1.165) is 25.7 Å². The molecule has 10 heteroatoms. The Morgan fingerprint density at radius 3 is 2.57 bits per heavy atom. The van der Waals surface area contributed by atoms with Crippen molar-refractivity contribution in [2.24, 2.45) is 4.99 Å². The van der Waals surface area contributed by atoms with Gasteiger partial charge in [0, 0.05) is 0 Å². The molecule has 2 aliphatic heterocycles. The van der Waals surface area contributed by atoms with E-state index in [4.69, 9.17) is 26.7 Å². The molecule has 2 heterocycles. The first-order valence-corrected chi connectivity index (χ1v) is 11.6. The highest BCUT2D eigenvalue weighted by molar-refractivity contribution is 8.23. The van der Waals surface area contributed by atoms with Crippen LogP contribution in [0.4, 0.5) is 0 Å². The van der Waals surface area contributed by atoms with Gasteiger partial charge in [-0.2, -0.15) is 5.26 Å². The molecule has 1 fully saturated rings. The van der Waals surface area contributed by atoms with Crippen LogP contribution in [0.15, 0.2) is 27.5 Å². The van der Waals surface area contributed by atoms with E-state index in [0.29, 0.717) is 10.2 Å². The fourth-order valence-electron chi connectivity index (χ4n) is 3.99. The number of ether oxygens (including phenoxy) is 2. The lowest BCUT2D eigenvalue weighted by Gasteiger charge is -2.37. The van der Waals surface area contributed by atoms with Crippen LogP contribution in [-0.4, -0.2) is 58.5 Å².